The molecule has 11 nitrogen and oxygen atoms in total. The van der Waals surface area contributed by atoms with Gasteiger partial charge in [-0.2, -0.15) is 0 Å². The smallest absolute Gasteiger partial charge is 0.221 e. The summed E-state index contributed by atoms with van der Waals surface area (Å²) in [7, 11) is 0. The van der Waals surface area contributed by atoms with Crippen LogP contribution in [-0.2, 0) is 14.2 Å². The molecule has 2 aliphatic heterocycles. The molecule has 11 heteroatoms. The number of aliphatic hydroxyl groups is 8. The SMILES string of the molecule is OC[C@H]1O[C@@](CO)(OC[C@H]2OC(O)[C@H](O)[C@@H](O)[C@@H]2O)[C@@H](O)[C@@H]1O. The van der Waals surface area contributed by atoms with Crippen LogP contribution in [0.5, 0.6) is 0 Å². The van der Waals surface area contributed by atoms with Gasteiger partial charge in [0.2, 0.25) is 5.79 Å². The maximum atomic E-state index is 9.94. The van der Waals surface area contributed by atoms with Gasteiger partial charge >= 0.3 is 0 Å². The molecule has 23 heavy (non-hydrogen) atoms. The molecule has 0 aromatic rings. The molecule has 1 unspecified atom stereocenters. The fourth-order valence-electron chi connectivity index (χ4n) is 2.59. The molecule has 2 heterocycles. The lowest BCUT2D eigenvalue weighted by Crippen LogP contribution is -2.60. The van der Waals surface area contributed by atoms with Gasteiger partial charge in [0.1, 0.15) is 49.3 Å². The molecule has 0 aliphatic carbocycles. The maximum Gasteiger partial charge on any atom is 0.221 e. The van der Waals surface area contributed by atoms with Crippen molar-refractivity contribution in [3.63, 3.8) is 0 Å². The maximum absolute atomic E-state index is 9.94. The number of ether oxygens (including phenoxy) is 3. The van der Waals surface area contributed by atoms with E-state index in [4.69, 9.17) is 19.3 Å². The van der Waals surface area contributed by atoms with Gasteiger partial charge in [0, 0.05) is 0 Å². The largest absolute Gasteiger partial charge is 0.394 e. The number of hydrogen-bond donors (Lipinski definition) is 8. The van der Waals surface area contributed by atoms with Crippen molar-refractivity contribution in [2.24, 2.45) is 0 Å². The van der Waals surface area contributed by atoms with Crippen molar-refractivity contribution in [1.82, 2.24) is 0 Å². The number of hydrogen-bond acceptors (Lipinski definition) is 11. The lowest BCUT2D eigenvalue weighted by Gasteiger charge is -2.39. The van der Waals surface area contributed by atoms with Crippen molar-refractivity contribution >= 4 is 0 Å². The van der Waals surface area contributed by atoms with Crippen molar-refractivity contribution < 1.29 is 55.1 Å². The van der Waals surface area contributed by atoms with Crippen LogP contribution in [0, 0.1) is 0 Å². The average Bonchev–Trinajstić information content (AvgIpc) is 2.80. The van der Waals surface area contributed by atoms with Gasteiger partial charge < -0.3 is 55.1 Å². The van der Waals surface area contributed by atoms with Gasteiger partial charge in [-0.1, -0.05) is 0 Å². The highest BCUT2D eigenvalue weighted by atomic mass is 16.7. The minimum atomic E-state index is -2.07. The average molecular weight is 342 g/mol. The van der Waals surface area contributed by atoms with Gasteiger partial charge in [-0.3, -0.25) is 0 Å². The van der Waals surface area contributed by atoms with Crippen LogP contribution < -0.4 is 0 Å². The zero-order chi connectivity index (χ0) is 17.4. The van der Waals surface area contributed by atoms with E-state index in [0.717, 1.165) is 0 Å². The summed E-state index contributed by atoms with van der Waals surface area (Å²) < 4.78 is 15.2. The van der Waals surface area contributed by atoms with E-state index in [1.807, 2.05) is 0 Å². The summed E-state index contributed by atoms with van der Waals surface area (Å²) in [4.78, 5) is 0. The van der Waals surface area contributed by atoms with Crippen molar-refractivity contribution in [3.8, 4) is 0 Å². The molecule has 9 atom stereocenters. The highest BCUT2D eigenvalue weighted by Gasteiger charge is 2.56. The first-order valence-corrected chi connectivity index (χ1v) is 7.04. The second-order valence-electron chi connectivity index (χ2n) is 5.59. The van der Waals surface area contributed by atoms with Gasteiger partial charge in [0.15, 0.2) is 6.29 Å². The van der Waals surface area contributed by atoms with Crippen LogP contribution in [0.25, 0.3) is 0 Å². The Morgan fingerprint density at radius 2 is 1.48 bits per heavy atom. The molecule has 0 radical (unpaired) electrons. The summed E-state index contributed by atoms with van der Waals surface area (Å²) in [6.07, 6.45) is -12.5. The van der Waals surface area contributed by atoms with Gasteiger partial charge in [-0.15, -0.1) is 0 Å². The molecule has 136 valence electrons. The molecular formula is C12H22O11. The molecule has 0 aromatic carbocycles. The van der Waals surface area contributed by atoms with Gasteiger partial charge in [0.05, 0.1) is 13.2 Å². The molecule has 2 rings (SSSR count). The van der Waals surface area contributed by atoms with Crippen LogP contribution in [0.3, 0.4) is 0 Å². The first kappa shape index (κ1) is 18.9. The van der Waals surface area contributed by atoms with Crippen molar-refractivity contribution in [2.45, 2.75) is 54.8 Å². The van der Waals surface area contributed by atoms with Crippen LogP contribution in [0.15, 0.2) is 0 Å². The molecule has 2 fully saturated rings. The topological polar surface area (TPSA) is 190 Å². The molecule has 2 saturated heterocycles. The van der Waals surface area contributed by atoms with E-state index >= 15 is 0 Å². The third-order valence-electron chi connectivity index (χ3n) is 4.09. The third kappa shape index (κ3) is 3.36. The van der Waals surface area contributed by atoms with E-state index in [1.54, 1.807) is 0 Å². The zero-order valence-electron chi connectivity index (χ0n) is 12.0. The van der Waals surface area contributed by atoms with Crippen LogP contribution in [0.4, 0.5) is 0 Å². The van der Waals surface area contributed by atoms with E-state index in [2.05, 4.69) is 0 Å². The lowest BCUT2D eigenvalue weighted by atomic mass is 9.99. The third-order valence-corrected chi connectivity index (χ3v) is 4.09. The first-order valence-electron chi connectivity index (χ1n) is 7.04. The molecule has 8 N–H and O–H groups in total. The number of aliphatic hydroxyl groups excluding tert-OH is 8. The Morgan fingerprint density at radius 1 is 0.826 bits per heavy atom. The van der Waals surface area contributed by atoms with Crippen LogP contribution in [0.2, 0.25) is 0 Å². The Hall–Kier alpha value is -0.440. The van der Waals surface area contributed by atoms with E-state index in [9.17, 15) is 35.7 Å². The van der Waals surface area contributed by atoms with Gasteiger partial charge in [-0.05, 0) is 0 Å². The van der Waals surface area contributed by atoms with Crippen molar-refractivity contribution in [1.29, 1.82) is 0 Å². The fourth-order valence-corrected chi connectivity index (χ4v) is 2.59. The molecule has 0 saturated carbocycles. The zero-order valence-corrected chi connectivity index (χ0v) is 12.0. The Bertz CT molecular complexity index is 395. The summed E-state index contributed by atoms with van der Waals surface area (Å²) in [5.74, 6) is -2.07. The monoisotopic (exact) mass is 342 g/mol. The standard InChI is InChI=1S/C12H22O11/c13-1-4-7(16)10(19)12(3-14,23-4)21-2-5-6(15)8(17)9(18)11(20)22-5/h4-11,13-20H,1-3H2/t4-,5-,6-,7-,8+,9-,10+,11?,12-/m1/s1. The minimum Gasteiger partial charge on any atom is -0.394 e. The van der Waals surface area contributed by atoms with Crippen molar-refractivity contribution in [2.75, 3.05) is 19.8 Å². The van der Waals surface area contributed by atoms with Crippen LogP contribution in [0.1, 0.15) is 0 Å². The summed E-state index contributed by atoms with van der Waals surface area (Å²) in [5, 5.41) is 76.3. The lowest BCUT2D eigenvalue weighted by molar-refractivity contribution is -0.321. The van der Waals surface area contributed by atoms with Gasteiger partial charge in [0.25, 0.3) is 0 Å². The molecule has 0 aromatic heterocycles. The summed E-state index contributed by atoms with van der Waals surface area (Å²) >= 11 is 0. The Labute approximate surface area is 130 Å². The Balaban J connectivity index is 2.03. The molecule has 0 amide bonds. The Kier molecular flexibility index (Phi) is 5.92. The normalized spacial score (nSPS) is 51.1. The minimum absolute atomic E-state index is 0.551. The van der Waals surface area contributed by atoms with E-state index in [0.29, 0.717) is 0 Å². The van der Waals surface area contributed by atoms with Crippen LogP contribution in [-0.4, -0.2) is 115 Å². The molecule has 0 bridgehead atoms. The summed E-state index contributed by atoms with van der Waals surface area (Å²) in [6, 6.07) is 0. The fraction of sp³-hybridized carbons (Fsp3) is 1.00. The second-order valence-corrected chi connectivity index (χ2v) is 5.59. The highest BCUT2D eigenvalue weighted by molar-refractivity contribution is 4.97. The van der Waals surface area contributed by atoms with Crippen LogP contribution >= 0.6 is 0 Å². The Morgan fingerprint density at radius 3 is 2.00 bits per heavy atom. The van der Waals surface area contributed by atoms with Gasteiger partial charge in [-0.25, -0.2) is 0 Å². The van der Waals surface area contributed by atoms with E-state index in [1.165, 1.54) is 0 Å². The van der Waals surface area contributed by atoms with E-state index < -0.39 is 74.6 Å². The quantitative estimate of drug-likeness (QED) is 0.238. The predicted molar refractivity (Wildman–Crippen MR) is 68.6 cm³/mol. The van der Waals surface area contributed by atoms with Crippen molar-refractivity contribution in [3.05, 3.63) is 0 Å². The predicted octanol–water partition coefficient (Wildman–Crippen LogP) is -5.40. The first-order chi connectivity index (χ1) is 10.8. The summed E-state index contributed by atoms with van der Waals surface area (Å²) in [5.41, 5.74) is 0. The number of rotatable bonds is 5. The summed E-state index contributed by atoms with van der Waals surface area (Å²) in [6.45, 7) is -2.06. The molecule has 0 spiro atoms. The highest BCUT2D eigenvalue weighted by Crippen LogP contribution is 2.33. The molecule has 2 aliphatic rings. The van der Waals surface area contributed by atoms with E-state index in [-0.39, 0.29) is 0 Å². The second kappa shape index (κ2) is 7.21. The molecular weight excluding hydrogens is 320 g/mol.